The number of aromatic nitrogens is 2. The van der Waals surface area contributed by atoms with Gasteiger partial charge in [0.25, 0.3) is 0 Å². The molecule has 0 saturated heterocycles. The van der Waals surface area contributed by atoms with Crippen LogP contribution in [0.5, 0.6) is 0 Å². The summed E-state index contributed by atoms with van der Waals surface area (Å²) in [7, 11) is 0. The number of benzene rings is 1. The molecule has 1 aromatic carbocycles. The van der Waals surface area contributed by atoms with Crippen LogP contribution >= 0.6 is 0 Å². The average Bonchev–Trinajstić information content (AvgIpc) is 2.81. The predicted molar refractivity (Wildman–Crippen MR) is 62.7 cm³/mol. The average molecular weight is 231 g/mol. The third kappa shape index (κ3) is 3.27. The van der Waals surface area contributed by atoms with Gasteiger partial charge >= 0.3 is 0 Å². The van der Waals surface area contributed by atoms with Crippen LogP contribution in [0, 0.1) is 5.82 Å². The number of rotatable bonds is 3. The highest BCUT2D eigenvalue weighted by Crippen LogP contribution is 2.05. The summed E-state index contributed by atoms with van der Waals surface area (Å²) in [6.07, 6.45) is 4.51. The van der Waals surface area contributed by atoms with Crippen molar-refractivity contribution in [2.45, 2.75) is 0 Å². The Balaban J connectivity index is 1.96. The molecule has 1 heterocycles. The van der Waals surface area contributed by atoms with Crippen molar-refractivity contribution in [2.75, 3.05) is 5.32 Å². The maximum absolute atomic E-state index is 12.6. The first kappa shape index (κ1) is 11.1. The molecular weight excluding hydrogens is 221 g/mol. The van der Waals surface area contributed by atoms with Crippen LogP contribution in [-0.2, 0) is 4.79 Å². The Morgan fingerprint density at radius 3 is 2.71 bits per heavy atom. The molecule has 0 radical (unpaired) electrons. The van der Waals surface area contributed by atoms with Crippen molar-refractivity contribution in [3.05, 3.63) is 54.0 Å². The Morgan fingerprint density at radius 1 is 1.29 bits per heavy atom. The number of anilines is 1. The van der Waals surface area contributed by atoms with Crippen molar-refractivity contribution in [2.24, 2.45) is 0 Å². The molecule has 0 aliphatic carbocycles. The molecule has 0 aliphatic heterocycles. The molecule has 5 heteroatoms. The topological polar surface area (TPSA) is 57.8 Å². The van der Waals surface area contributed by atoms with E-state index in [2.05, 4.69) is 15.5 Å². The van der Waals surface area contributed by atoms with Crippen LogP contribution in [0.2, 0.25) is 0 Å². The molecule has 0 spiro atoms. The van der Waals surface area contributed by atoms with Crippen LogP contribution in [0.4, 0.5) is 10.2 Å². The molecule has 1 amide bonds. The second-order valence-electron chi connectivity index (χ2n) is 3.34. The van der Waals surface area contributed by atoms with E-state index in [0.717, 1.165) is 5.56 Å². The van der Waals surface area contributed by atoms with E-state index in [4.69, 9.17) is 0 Å². The number of nitrogens with zero attached hydrogens (tertiary/aromatic N) is 1. The van der Waals surface area contributed by atoms with E-state index in [1.807, 2.05) is 0 Å². The number of H-pyrrole nitrogens is 1. The molecule has 17 heavy (non-hydrogen) atoms. The summed E-state index contributed by atoms with van der Waals surface area (Å²) in [6, 6.07) is 7.51. The number of nitrogens with one attached hydrogen (secondary N) is 2. The lowest BCUT2D eigenvalue weighted by atomic mass is 10.2. The van der Waals surface area contributed by atoms with Gasteiger partial charge in [-0.05, 0) is 23.8 Å². The van der Waals surface area contributed by atoms with E-state index in [-0.39, 0.29) is 11.7 Å². The number of hydrogen-bond donors (Lipinski definition) is 2. The zero-order valence-electron chi connectivity index (χ0n) is 8.85. The van der Waals surface area contributed by atoms with Crippen LogP contribution in [-0.4, -0.2) is 16.1 Å². The summed E-state index contributed by atoms with van der Waals surface area (Å²) in [5.41, 5.74) is 0.756. The quantitative estimate of drug-likeness (QED) is 0.795. The SMILES string of the molecule is O=C(/C=C/c1ccc(F)cc1)Nc1ccn[nH]1. The molecule has 0 fully saturated rings. The standard InChI is InChI=1S/C12H10FN3O/c13-10-4-1-9(2-5-10)3-6-12(17)15-11-7-8-14-16-11/h1-8H,(H2,14,15,16,17)/b6-3+. The first-order chi connectivity index (χ1) is 8.24. The van der Waals surface area contributed by atoms with E-state index < -0.39 is 0 Å². The lowest BCUT2D eigenvalue weighted by Gasteiger charge is -1.96. The maximum Gasteiger partial charge on any atom is 0.249 e. The molecule has 0 bridgehead atoms. The summed E-state index contributed by atoms with van der Waals surface area (Å²) in [5, 5.41) is 8.89. The molecule has 86 valence electrons. The molecular formula is C12H10FN3O. The zero-order chi connectivity index (χ0) is 12.1. The fourth-order valence-electron chi connectivity index (χ4n) is 1.25. The van der Waals surface area contributed by atoms with E-state index in [1.54, 1.807) is 30.5 Å². The monoisotopic (exact) mass is 231 g/mol. The minimum Gasteiger partial charge on any atom is -0.307 e. The van der Waals surface area contributed by atoms with Gasteiger partial charge in [-0.15, -0.1) is 0 Å². The number of carbonyl (C=O) groups is 1. The second-order valence-corrected chi connectivity index (χ2v) is 3.34. The van der Waals surface area contributed by atoms with Crippen molar-refractivity contribution in [1.29, 1.82) is 0 Å². The Kier molecular flexibility index (Phi) is 3.30. The van der Waals surface area contributed by atoms with Gasteiger partial charge in [-0.25, -0.2) is 4.39 Å². The van der Waals surface area contributed by atoms with Crippen molar-refractivity contribution < 1.29 is 9.18 Å². The van der Waals surface area contributed by atoms with Gasteiger partial charge < -0.3 is 5.32 Å². The van der Waals surface area contributed by atoms with E-state index in [9.17, 15) is 9.18 Å². The van der Waals surface area contributed by atoms with Crippen molar-refractivity contribution >= 4 is 17.8 Å². The summed E-state index contributed by atoms with van der Waals surface area (Å²) < 4.78 is 12.6. The van der Waals surface area contributed by atoms with Crippen molar-refractivity contribution in [3.63, 3.8) is 0 Å². The Hall–Kier alpha value is -2.43. The van der Waals surface area contributed by atoms with Gasteiger partial charge in [-0.1, -0.05) is 12.1 Å². The molecule has 0 aliphatic rings. The summed E-state index contributed by atoms with van der Waals surface area (Å²) in [4.78, 5) is 11.4. The predicted octanol–water partition coefficient (Wildman–Crippen LogP) is 2.20. The number of aromatic amines is 1. The van der Waals surface area contributed by atoms with Gasteiger partial charge in [0.1, 0.15) is 11.6 Å². The largest absolute Gasteiger partial charge is 0.307 e. The van der Waals surface area contributed by atoms with Gasteiger partial charge in [0.05, 0.1) is 6.20 Å². The minimum absolute atomic E-state index is 0.279. The third-order valence-electron chi connectivity index (χ3n) is 2.06. The van der Waals surface area contributed by atoms with E-state index >= 15 is 0 Å². The molecule has 4 nitrogen and oxygen atoms in total. The molecule has 1 aromatic heterocycles. The zero-order valence-corrected chi connectivity index (χ0v) is 8.85. The number of amides is 1. The van der Waals surface area contributed by atoms with Gasteiger partial charge in [-0.3, -0.25) is 9.89 Å². The van der Waals surface area contributed by atoms with Gasteiger partial charge in [0.15, 0.2) is 0 Å². The van der Waals surface area contributed by atoms with Crippen LogP contribution in [0.15, 0.2) is 42.6 Å². The molecule has 2 rings (SSSR count). The Labute approximate surface area is 97.2 Å². The maximum atomic E-state index is 12.6. The molecule has 2 aromatic rings. The second kappa shape index (κ2) is 5.07. The molecule has 0 unspecified atom stereocenters. The smallest absolute Gasteiger partial charge is 0.249 e. The first-order valence-electron chi connectivity index (χ1n) is 4.98. The Morgan fingerprint density at radius 2 is 2.06 bits per heavy atom. The fourth-order valence-corrected chi connectivity index (χ4v) is 1.25. The van der Waals surface area contributed by atoms with Crippen LogP contribution in [0.3, 0.4) is 0 Å². The summed E-state index contributed by atoms with van der Waals surface area (Å²) in [6.45, 7) is 0. The molecule has 0 atom stereocenters. The third-order valence-corrected chi connectivity index (χ3v) is 2.06. The minimum atomic E-state index is -0.302. The van der Waals surface area contributed by atoms with E-state index in [1.165, 1.54) is 18.2 Å². The Bertz CT molecular complexity index is 517. The summed E-state index contributed by atoms with van der Waals surface area (Å²) >= 11 is 0. The van der Waals surface area contributed by atoms with E-state index in [0.29, 0.717) is 5.82 Å². The van der Waals surface area contributed by atoms with Gasteiger partial charge in [0, 0.05) is 12.1 Å². The number of halogens is 1. The van der Waals surface area contributed by atoms with Crippen LogP contribution < -0.4 is 5.32 Å². The fraction of sp³-hybridized carbons (Fsp3) is 0. The normalized spacial score (nSPS) is 10.6. The highest BCUT2D eigenvalue weighted by molar-refractivity contribution is 6.01. The number of carbonyl (C=O) groups excluding carboxylic acids is 1. The highest BCUT2D eigenvalue weighted by Gasteiger charge is 1.97. The summed E-state index contributed by atoms with van der Waals surface area (Å²) in [5.74, 6) is -0.0543. The van der Waals surface area contributed by atoms with Gasteiger partial charge in [-0.2, -0.15) is 5.10 Å². The molecule has 0 saturated carbocycles. The lowest BCUT2D eigenvalue weighted by molar-refractivity contribution is -0.111. The first-order valence-corrected chi connectivity index (χ1v) is 4.98. The number of hydrogen-bond acceptors (Lipinski definition) is 2. The van der Waals surface area contributed by atoms with Crippen LogP contribution in [0.1, 0.15) is 5.56 Å². The van der Waals surface area contributed by atoms with Crippen LogP contribution in [0.25, 0.3) is 6.08 Å². The lowest BCUT2D eigenvalue weighted by Crippen LogP contribution is -2.07. The van der Waals surface area contributed by atoms with Crippen molar-refractivity contribution in [3.8, 4) is 0 Å². The van der Waals surface area contributed by atoms with Crippen molar-refractivity contribution in [1.82, 2.24) is 10.2 Å². The molecule has 2 N–H and O–H groups in total. The van der Waals surface area contributed by atoms with Gasteiger partial charge in [0.2, 0.25) is 5.91 Å². The highest BCUT2D eigenvalue weighted by atomic mass is 19.1.